The summed E-state index contributed by atoms with van der Waals surface area (Å²) < 4.78 is 6.08. The number of hydrogen-bond acceptors (Lipinski definition) is 4. The van der Waals surface area contributed by atoms with Gasteiger partial charge in [0.25, 0.3) is 0 Å². The van der Waals surface area contributed by atoms with Gasteiger partial charge in [0.2, 0.25) is 0 Å². The molecule has 3 aromatic carbocycles. The smallest absolute Gasteiger partial charge is 0.119 e. The van der Waals surface area contributed by atoms with Crippen LogP contribution < -0.4 is 4.74 Å². The van der Waals surface area contributed by atoms with Gasteiger partial charge in [-0.15, -0.1) is 11.8 Å². The van der Waals surface area contributed by atoms with E-state index in [1.54, 1.807) is 0 Å². The number of benzene rings is 3. The van der Waals surface area contributed by atoms with Gasteiger partial charge >= 0.3 is 0 Å². The number of piperidine rings is 1. The fourth-order valence-electron chi connectivity index (χ4n) is 5.77. The van der Waals surface area contributed by atoms with Gasteiger partial charge in [-0.25, -0.2) is 0 Å². The largest absolute Gasteiger partial charge is 0.508 e. The van der Waals surface area contributed by atoms with Gasteiger partial charge in [0.05, 0.1) is 0 Å². The lowest BCUT2D eigenvalue weighted by Gasteiger charge is -2.26. The summed E-state index contributed by atoms with van der Waals surface area (Å²) in [5.41, 5.74) is 5.58. The van der Waals surface area contributed by atoms with Gasteiger partial charge in [0.15, 0.2) is 0 Å². The van der Waals surface area contributed by atoms with Crippen molar-refractivity contribution in [2.75, 3.05) is 26.2 Å². The Labute approximate surface area is 194 Å². The topological polar surface area (TPSA) is 32.7 Å². The monoisotopic (exact) mass is 443 g/mol. The van der Waals surface area contributed by atoms with Crippen molar-refractivity contribution in [2.24, 2.45) is 0 Å². The molecule has 0 aromatic heterocycles. The summed E-state index contributed by atoms with van der Waals surface area (Å²) in [6, 6.07) is 23.6. The number of likely N-dealkylation sites (tertiary alicyclic amines) is 1. The number of ether oxygens (including phenoxy) is 1. The Morgan fingerprint density at radius 2 is 1.66 bits per heavy atom. The molecule has 2 aliphatic heterocycles. The van der Waals surface area contributed by atoms with Crippen molar-refractivity contribution in [1.82, 2.24) is 4.90 Å². The highest BCUT2D eigenvalue weighted by atomic mass is 32.2. The zero-order chi connectivity index (χ0) is 21.5. The van der Waals surface area contributed by atoms with Gasteiger partial charge in [-0.2, -0.15) is 0 Å². The van der Waals surface area contributed by atoms with Crippen LogP contribution in [0, 0.1) is 0 Å². The zero-order valence-electron chi connectivity index (χ0n) is 18.2. The molecule has 6 rings (SSSR count). The molecular weight excluding hydrogens is 414 g/mol. The summed E-state index contributed by atoms with van der Waals surface area (Å²) in [5.74, 6) is 2.04. The maximum atomic E-state index is 9.99. The summed E-state index contributed by atoms with van der Waals surface area (Å²) in [7, 11) is 0. The second-order valence-electron chi connectivity index (χ2n) is 9.21. The first-order valence-electron chi connectivity index (χ1n) is 11.8. The van der Waals surface area contributed by atoms with Gasteiger partial charge in [0.1, 0.15) is 18.1 Å². The molecule has 0 bridgehead atoms. The summed E-state index contributed by atoms with van der Waals surface area (Å²) in [6.07, 6.45) is 4.01. The van der Waals surface area contributed by atoms with Crippen LogP contribution in [0.15, 0.2) is 71.6 Å². The van der Waals surface area contributed by atoms with Crippen molar-refractivity contribution < 1.29 is 9.84 Å². The van der Waals surface area contributed by atoms with E-state index in [2.05, 4.69) is 59.5 Å². The number of fused-ring (bicyclic) bond motifs is 5. The van der Waals surface area contributed by atoms with Gasteiger partial charge in [0, 0.05) is 28.5 Å². The molecule has 0 spiro atoms. The maximum absolute atomic E-state index is 9.99. The number of hydrogen-bond donors (Lipinski definition) is 1. The Hall–Kier alpha value is -2.43. The molecule has 0 radical (unpaired) electrons. The van der Waals surface area contributed by atoms with Crippen LogP contribution >= 0.6 is 11.8 Å². The Bertz CT molecular complexity index is 1110. The van der Waals surface area contributed by atoms with Crippen molar-refractivity contribution >= 4 is 11.8 Å². The van der Waals surface area contributed by atoms with Gasteiger partial charge < -0.3 is 9.84 Å². The minimum atomic E-state index is 0.330. The normalized spacial score (nSPS) is 24.1. The van der Waals surface area contributed by atoms with E-state index >= 15 is 0 Å². The average molecular weight is 444 g/mol. The second kappa shape index (κ2) is 8.49. The van der Waals surface area contributed by atoms with Crippen LogP contribution in [0.5, 0.6) is 11.5 Å². The lowest BCUT2D eigenvalue weighted by molar-refractivity contribution is 0.183. The standard InChI is InChI=1S/C28H29NO2S/c30-20-10-13-24-25(18-20)32-28-23-7-3-2-6-22(23)26(27(24)28)19-8-11-21(12-9-19)31-17-16-29-14-4-1-5-15-29/h2-3,6-13,18,26-28,30H,1,4-5,14-17H2/t26-,27-,28+/m1/s1. The summed E-state index contributed by atoms with van der Waals surface area (Å²) >= 11 is 1.90. The van der Waals surface area contributed by atoms with E-state index in [9.17, 15) is 5.11 Å². The van der Waals surface area contributed by atoms with Crippen molar-refractivity contribution in [2.45, 2.75) is 41.2 Å². The van der Waals surface area contributed by atoms with Crippen LogP contribution in [0.2, 0.25) is 0 Å². The highest BCUT2D eigenvalue weighted by Crippen LogP contribution is 2.66. The van der Waals surface area contributed by atoms with Crippen LogP contribution in [0.4, 0.5) is 0 Å². The molecule has 164 valence electrons. The third-order valence-corrected chi connectivity index (χ3v) is 8.71. The van der Waals surface area contributed by atoms with Crippen LogP contribution in [0.3, 0.4) is 0 Å². The third-order valence-electron chi connectivity index (χ3n) is 7.30. The minimum absolute atomic E-state index is 0.330. The van der Waals surface area contributed by atoms with E-state index in [1.165, 1.54) is 59.5 Å². The Morgan fingerprint density at radius 3 is 2.47 bits per heavy atom. The predicted octanol–water partition coefficient (Wildman–Crippen LogP) is 6.33. The second-order valence-corrected chi connectivity index (χ2v) is 10.4. The SMILES string of the molecule is Oc1ccc2c(c1)S[C@H]1c3ccccc3[C@@H](c3ccc(OCCN4CCCCC4)cc3)[C@@H]21. The third kappa shape index (κ3) is 3.60. The van der Waals surface area contributed by atoms with Crippen molar-refractivity contribution in [1.29, 1.82) is 0 Å². The maximum Gasteiger partial charge on any atom is 0.119 e. The van der Waals surface area contributed by atoms with E-state index < -0.39 is 0 Å². The molecule has 3 atom stereocenters. The average Bonchev–Trinajstić information content (AvgIpc) is 3.34. The molecule has 3 aliphatic rings. The fourth-order valence-corrected chi connectivity index (χ4v) is 7.36. The van der Waals surface area contributed by atoms with Crippen molar-refractivity contribution in [3.63, 3.8) is 0 Å². The molecular formula is C28H29NO2S. The predicted molar refractivity (Wildman–Crippen MR) is 130 cm³/mol. The molecule has 3 nitrogen and oxygen atoms in total. The summed E-state index contributed by atoms with van der Waals surface area (Å²) in [6.45, 7) is 4.19. The Morgan fingerprint density at radius 1 is 0.875 bits per heavy atom. The van der Waals surface area contributed by atoms with E-state index in [1.807, 2.05) is 23.9 Å². The number of phenols is 1. The summed E-state index contributed by atoms with van der Waals surface area (Å²) in [5, 5.41) is 10.4. The first kappa shape index (κ1) is 20.2. The lowest BCUT2D eigenvalue weighted by Crippen LogP contribution is -2.33. The highest BCUT2D eigenvalue weighted by Gasteiger charge is 2.47. The Balaban J connectivity index is 1.23. The molecule has 4 heteroatoms. The Kier molecular flexibility index (Phi) is 5.36. The van der Waals surface area contributed by atoms with Crippen molar-refractivity contribution in [3.05, 3.63) is 89.0 Å². The van der Waals surface area contributed by atoms with E-state index in [4.69, 9.17) is 4.74 Å². The van der Waals surface area contributed by atoms with E-state index in [0.717, 1.165) is 18.9 Å². The quantitative estimate of drug-likeness (QED) is 0.499. The fraction of sp³-hybridized carbons (Fsp3) is 0.357. The first-order valence-corrected chi connectivity index (χ1v) is 12.7. The number of phenolic OH excluding ortho intramolecular Hbond substituents is 1. The lowest BCUT2D eigenvalue weighted by atomic mass is 9.82. The molecule has 1 fully saturated rings. The molecule has 3 aromatic rings. The summed E-state index contributed by atoms with van der Waals surface area (Å²) in [4.78, 5) is 3.73. The zero-order valence-corrected chi connectivity index (χ0v) is 19.1. The van der Waals surface area contributed by atoms with Crippen LogP contribution in [0.25, 0.3) is 0 Å². The molecule has 0 amide bonds. The van der Waals surface area contributed by atoms with Crippen LogP contribution in [-0.2, 0) is 0 Å². The van der Waals surface area contributed by atoms with E-state index in [-0.39, 0.29) is 0 Å². The van der Waals surface area contributed by atoms with Crippen LogP contribution in [-0.4, -0.2) is 36.2 Å². The first-order chi connectivity index (χ1) is 15.8. The number of nitrogens with zero attached hydrogens (tertiary/aromatic N) is 1. The molecule has 2 heterocycles. The highest BCUT2D eigenvalue weighted by molar-refractivity contribution is 8.00. The number of thioether (sulfide) groups is 1. The molecule has 1 saturated heterocycles. The minimum Gasteiger partial charge on any atom is -0.508 e. The van der Waals surface area contributed by atoms with Crippen molar-refractivity contribution in [3.8, 4) is 11.5 Å². The van der Waals surface area contributed by atoms with Gasteiger partial charge in [-0.05, 0) is 72.5 Å². The molecule has 1 aliphatic carbocycles. The van der Waals surface area contributed by atoms with E-state index in [0.29, 0.717) is 22.8 Å². The molecule has 1 N–H and O–H groups in total. The molecule has 0 saturated carbocycles. The number of rotatable bonds is 5. The van der Waals surface area contributed by atoms with Gasteiger partial charge in [-0.3, -0.25) is 4.90 Å². The van der Waals surface area contributed by atoms with Gasteiger partial charge in [-0.1, -0.05) is 48.9 Å². The molecule has 32 heavy (non-hydrogen) atoms. The van der Waals surface area contributed by atoms with Crippen LogP contribution in [0.1, 0.15) is 58.6 Å². The molecule has 0 unspecified atom stereocenters. The number of aromatic hydroxyl groups is 1.